The van der Waals surface area contributed by atoms with Gasteiger partial charge in [0.2, 0.25) is 5.91 Å². The van der Waals surface area contributed by atoms with Crippen LogP contribution >= 0.6 is 0 Å². The molecular formula is C16H18N2O2S. The van der Waals surface area contributed by atoms with Crippen molar-refractivity contribution in [3.05, 3.63) is 53.6 Å². The molecule has 0 fully saturated rings. The molecule has 0 aliphatic rings. The highest BCUT2D eigenvalue weighted by molar-refractivity contribution is 7.85. The molecule has 2 aromatic rings. The van der Waals surface area contributed by atoms with Gasteiger partial charge in [0, 0.05) is 16.3 Å². The average Bonchev–Trinajstić information content (AvgIpc) is 2.43. The van der Waals surface area contributed by atoms with Gasteiger partial charge < -0.3 is 11.1 Å². The van der Waals surface area contributed by atoms with Gasteiger partial charge in [-0.1, -0.05) is 24.3 Å². The maximum absolute atomic E-state index is 12.2. The number of nitrogens with one attached hydrogen (secondary N) is 1. The van der Waals surface area contributed by atoms with Crippen LogP contribution in [0.2, 0.25) is 0 Å². The maximum Gasteiger partial charge on any atom is 0.237 e. The summed E-state index contributed by atoms with van der Waals surface area (Å²) in [6.45, 7) is 3.76. The Bertz CT molecular complexity index is 698. The molecule has 2 aromatic carbocycles. The Morgan fingerprint density at radius 2 is 1.86 bits per heavy atom. The Hall–Kier alpha value is -2.14. The van der Waals surface area contributed by atoms with Crippen molar-refractivity contribution in [2.24, 2.45) is 0 Å². The third kappa shape index (κ3) is 3.92. The summed E-state index contributed by atoms with van der Waals surface area (Å²) < 4.78 is 12.2. The number of carbonyl (C=O) groups excluding carboxylic acids is 1. The molecule has 0 spiro atoms. The largest absolute Gasteiger partial charge is 0.399 e. The molecule has 1 atom stereocenters. The zero-order chi connectivity index (χ0) is 15.4. The van der Waals surface area contributed by atoms with Gasteiger partial charge in [0.05, 0.1) is 10.8 Å². The van der Waals surface area contributed by atoms with Crippen molar-refractivity contribution in [2.45, 2.75) is 18.7 Å². The van der Waals surface area contributed by atoms with Gasteiger partial charge in [-0.2, -0.15) is 0 Å². The Balaban J connectivity index is 2.07. The van der Waals surface area contributed by atoms with Gasteiger partial charge in [-0.25, -0.2) is 0 Å². The summed E-state index contributed by atoms with van der Waals surface area (Å²) in [7, 11) is -1.35. The lowest BCUT2D eigenvalue weighted by Crippen LogP contribution is -2.20. The molecule has 0 aromatic heterocycles. The van der Waals surface area contributed by atoms with Crippen LogP contribution in [-0.2, 0) is 15.6 Å². The number of anilines is 2. The summed E-state index contributed by atoms with van der Waals surface area (Å²) in [6.07, 6.45) is 0. The second-order valence-electron chi connectivity index (χ2n) is 4.88. The number of hydrogen-bond acceptors (Lipinski definition) is 3. The van der Waals surface area contributed by atoms with E-state index in [1.807, 2.05) is 38.1 Å². The van der Waals surface area contributed by atoms with Crippen molar-refractivity contribution in [3.63, 3.8) is 0 Å². The van der Waals surface area contributed by atoms with Crippen LogP contribution in [0.3, 0.4) is 0 Å². The minimum absolute atomic E-state index is 0.0703. The first kappa shape index (κ1) is 15.3. The van der Waals surface area contributed by atoms with E-state index < -0.39 is 10.8 Å². The van der Waals surface area contributed by atoms with Crippen molar-refractivity contribution in [1.29, 1.82) is 0 Å². The minimum atomic E-state index is -1.35. The number of nitrogen functional groups attached to an aromatic ring is 1. The molecule has 5 heteroatoms. The van der Waals surface area contributed by atoms with Crippen LogP contribution in [0.4, 0.5) is 11.4 Å². The Labute approximate surface area is 126 Å². The summed E-state index contributed by atoms with van der Waals surface area (Å²) in [4.78, 5) is 12.7. The molecule has 1 unspecified atom stereocenters. The average molecular weight is 302 g/mol. The third-order valence-electron chi connectivity index (χ3n) is 3.14. The van der Waals surface area contributed by atoms with Crippen molar-refractivity contribution in [3.8, 4) is 0 Å². The highest BCUT2D eigenvalue weighted by Gasteiger charge is 2.13. The Morgan fingerprint density at radius 3 is 2.57 bits per heavy atom. The van der Waals surface area contributed by atoms with Crippen LogP contribution in [-0.4, -0.2) is 15.9 Å². The molecule has 0 saturated heterocycles. The number of carbonyl (C=O) groups is 1. The SMILES string of the molecule is Cc1ccc(N)cc1NC(=O)CS(=O)c1ccccc1C. The second-order valence-corrected chi connectivity index (χ2v) is 6.30. The van der Waals surface area contributed by atoms with Gasteiger partial charge in [-0.3, -0.25) is 9.00 Å². The van der Waals surface area contributed by atoms with Gasteiger partial charge in [-0.15, -0.1) is 0 Å². The van der Waals surface area contributed by atoms with E-state index in [0.29, 0.717) is 16.3 Å². The predicted octanol–water partition coefficient (Wildman–Crippen LogP) is 2.63. The molecule has 110 valence electrons. The Kier molecular flexibility index (Phi) is 4.75. The summed E-state index contributed by atoms with van der Waals surface area (Å²) >= 11 is 0. The van der Waals surface area contributed by atoms with Crippen molar-refractivity contribution < 1.29 is 9.00 Å². The summed E-state index contributed by atoms with van der Waals surface area (Å²) in [5, 5.41) is 2.76. The molecule has 0 radical (unpaired) electrons. The van der Waals surface area contributed by atoms with Crippen LogP contribution in [0, 0.1) is 13.8 Å². The standard InChI is InChI=1S/C16H18N2O2S/c1-11-7-8-13(17)9-14(11)18-16(19)10-21(20)15-6-4-3-5-12(15)2/h3-9H,10,17H2,1-2H3,(H,18,19). The topological polar surface area (TPSA) is 72.2 Å². The van der Waals surface area contributed by atoms with Crippen LogP contribution in [0.1, 0.15) is 11.1 Å². The fourth-order valence-electron chi connectivity index (χ4n) is 1.97. The molecule has 0 aliphatic carbocycles. The van der Waals surface area contributed by atoms with Crippen molar-refractivity contribution in [2.75, 3.05) is 16.8 Å². The van der Waals surface area contributed by atoms with Gasteiger partial charge >= 0.3 is 0 Å². The van der Waals surface area contributed by atoms with E-state index in [2.05, 4.69) is 5.32 Å². The normalized spacial score (nSPS) is 11.9. The van der Waals surface area contributed by atoms with E-state index in [1.165, 1.54) is 0 Å². The monoisotopic (exact) mass is 302 g/mol. The predicted molar refractivity (Wildman–Crippen MR) is 86.7 cm³/mol. The van der Waals surface area contributed by atoms with Crippen molar-refractivity contribution >= 4 is 28.1 Å². The molecule has 2 rings (SSSR count). The molecular weight excluding hydrogens is 284 g/mol. The number of aryl methyl sites for hydroxylation is 2. The number of nitrogens with two attached hydrogens (primary N) is 1. The number of benzene rings is 2. The van der Waals surface area contributed by atoms with E-state index in [4.69, 9.17) is 5.73 Å². The lowest BCUT2D eigenvalue weighted by Gasteiger charge is -2.10. The van der Waals surface area contributed by atoms with E-state index in [0.717, 1.165) is 11.1 Å². The van der Waals surface area contributed by atoms with Gasteiger partial charge in [0.25, 0.3) is 0 Å². The van der Waals surface area contributed by atoms with E-state index in [-0.39, 0.29) is 11.7 Å². The van der Waals surface area contributed by atoms with E-state index in [9.17, 15) is 9.00 Å². The third-order valence-corrected chi connectivity index (χ3v) is 4.61. The first-order chi connectivity index (χ1) is 9.97. The molecule has 0 heterocycles. The second kappa shape index (κ2) is 6.54. The van der Waals surface area contributed by atoms with Crippen LogP contribution in [0.15, 0.2) is 47.4 Å². The van der Waals surface area contributed by atoms with Gasteiger partial charge in [0.1, 0.15) is 5.75 Å². The fourth-order valence-corrected chi connectivity index (χ4v) is 3.09. The molecule has 0 saturated carbocycles. The number of hydrogen-bond donors (Lipinski definition) is 2. The van der Waals surface area contributed by atoms with Crippen LogP contribution in [0.5, 0.6) is 0 Å². The summed E-state index contributed by atoms with van der Waals surface area (Å²) in [5.41, 5.74) is 8.77. The molecule has 0 aliphatic heterocycles. The number of rotatable bonds is 4. The zero-order valence-electron chi connectivity index (χ0n) is 12.1. The summed E-state index contributed by atoms with van der Waals surface area (Å²) in [5.74, 6) is -0.357. The molecule has 1 amide bonds. The van der Waals surface area contributed by atoms with E-state index in [1.54, 1.807) is 18.2 Å². The van der Waals surface area contributed by atoms with Crippen LogP contribution < -0.4 is 11.1 Å². The highest BCUT2D eigenvalue weighted by atomic mass is 32.2. The smallest absolute Gasteiger partial charge is 0.237 e. The molecule has 3 N–H and O–H groups in total. The first-order valence-corrected chi connectivity index (χ1v) is 7.89. The lowest BCUT2D eigenvalue weighted by atomic mass is 10.2. The van der Waals surface area contributed by atoms with Gasteiger partial charge in [0.15, 0.2) is 0 Å². The quantitative estimate of drug-likeness (QED) is 0.853. The lowest BCUT2D eigenvalue weighted by molar-refractivity contribution is -0.113. The molecule has 21 heavy (non-hydrogen) atoms. The summed E-state index contributed by atoms with van der Waals surface area (Å²) in [6, 6.07) is 12.7. The minimum Gasteiger partial charge on any atom is -0.399 e. The fraction of sp³-hybridized carbons (Fsp3) is 0.188. The van der Waals surface area contributed by atoms with Crippen molar-refractivity contribution in [1.82, 2.24) is 0 Å². The number of amides is 1. The van der Waals surface area contributed by atoms with Crippen LogP contribution in [0.25, 0.3) is 0 Å². The van der Waals surface area contributed by atoms with E-state index >= 15 is 0 Å². The maximum atomic E-state index is 12.2. The van der Waals surface area contributed by atoms with Gasteiger partial charge in [-0.05, 0) is 43.2 Å². The molecule has 4 nitrogen and oxygen atoms in total. The molecule has 0 bridgehead atoms. The zero-order valence-corrected chi connectivity index (χ0v) is 12.9. The Morgan fingerprint density at radius 1 is 1.14 bits per heavy atom. The first-order valence-electron chi connectivity index (χ1n) is 6.57. The highest BCUT2D eigenvalue weighted by Crippen LogP contribution is 2.18.